The number of nitrogens with one attached hydrogen (secondary N) is 1. The van der Waals surface area contributed by atoms with Crippen molar-refractivity contribution >= 4 is 34.7 Å². The number of ether oxygens (including phenoxy) is 1. The van der Waals surface area contributed by atoms with Gasteiger partial charge in [-0.15, -0.1) is 0 Å². The fourth-order valence-corrected chi connectivity index (χ4v) is 4.45. The molecule has 8 nitrogen and oxygen atoms in total. The van der Waals surface area contributed by atoms with Gasteiger partial charge in [0.2, 0.25) is 5.91 Å². The van der Waals surface area contributed by atoms with Gasteiger partial charge in [0, 0.05) is 23.9 Å². The number of aryl methyl sites for hydroxylation is 1. The number of carbonyl (C=O) groups excluding carboxylic acids is 3. The average molecular weight is 489 g/mol. The van der Waals surface area contributed by atoms with Crippen LogP contribution in [0.15, 0.2) is 64.8 Å². The van der Waals surface area contributed by atoms with E-state index in [1.807, 2.05) is 19.9 Å². The highest BCUT2D eigenvalue weighted by Crippen LogP contribution is 2.43. The van der Waals surface area contributed by atoms with E-state index in [2.05, 4.69) is 5.32 Å². The number of amides is 2. The van der Waals surface area contributed by atoms with Crippen LogP contribution >= 0.6 is 0 Å². The smallest absolute Gasteiger partial charge is 0.300 e. The van der Waals surface area contributed by atoms with Gasteiger partial charge in [-0.2, -0.15) is 0 Å². The lowest BCUT2D eigenvalue weighted by atomic mass is 9.92. The van der Waals surface area contributed by atoms with Crippen LogP contribution in [0, 0.1) is 6.92 Å². The number of benzene rings is 2. The van der Waals surface area contributed by atoms with Crippen molar-refractivity contribution in [2.45, 2.75) is 39.7 Å². The van der Waals surface area contributed by atoms with Crippen LogP contribution < -0.4 is 15.0 Å². The van der Waals surface area contributed by atoms with E-state index in [1.165, 1.54) is 18.1 Å². The number of aliphatic hydroxyl groups excluding tert-OH is 1. The molecular formula is C28H28N2O6. The number of anilines is 2. The van der Waals surface area contributed by atoms with Crippen LogP contribution in [0.2, 0.25) is 0 Å². The normalized spacial score (nSPS) is 17.1. The molecule has 186 valence electrons. The molecular weight excluding hydrogens is 460 g/mol. The summed E-state index contributed by atoms with van der Waals surface area (Å²) in [5.41, 5.74) is 2.90. The Hall–Kier alpha value is -4.33. The number of methoxy groups -OCH3 is 1. The molecule has 1 atom stereocenters. The molecule has 2 amide bonds. The molecule has 1 aliphatic heterocycles. The maximum absolute atomic E-state index is 13.3. The quantitative estimate of drug-likeness (QED) is 0.277. The summed E-state index contributed by atoms with van der Waals surface area (Å²) in [6.07, 6.45) is 1.45. The molecule has 2 N–H and O–H groups in total. The molecule has 1 fully saturated rings. The Balaban J connectivity index is 1.89. The SMILES string of the molecule is COc1cc(C)c(/C(O)=C2\C(=O)C(=O)N(c3ccc(NC(C)=O)cc3)C2c2ccco2)cc1C(C)C. The largest absolute Gasteiger partial charge is 0.507 e. The molecule has 0 aliphatic carbocycles. The van der Waals surface area contributed by atoms with Gasteiger partial charge in [0.1, 0.15) is 23.3 Å². The van der Waals surface area contributed by atoms with Gasteiger partial charge in [-0.05, 0) is 72.5 Å². The standard InChI is InChI=1S/C28H28N2O6/c1-15(2)20-14-21(16(3)13-23(20)35-5)26(32)24-25(22-7-6-12-36-22)30(28(34)27(24)33)19-10-8-18(9-11-19)29-17(4)31/h6-15,25,32H,1-5H3,(H,29,31)/b26-24+. The second-order valence-corrected chi connectivity index (χ2v) is 8.98. The Morgan fingerprint density at radius 2 is 1.83 bits per heavy atom. The molecule has 0 bridgehead atoms. The van der Waals surface area contributed by atoms with Crippen LogP contribution in [0.1, 0.15) is 55.2 Å². The van der Waals surface area contributed by atoms with E-state index in [0.29, 0.717) is 34.0 Å². The molecule has 1 saturated heterocycles. The van der Waals surface area contributed by atoms with Gasteiger partial charge in [0.25, 0.3) is 11.7 Å². The van der Waals surface area contributed by atoms with Crippen molar-refractivity contribution in [1.82, 2.24) is 0 Å². The molecule has 36 heavy (non-hydrogen) atoms. The predicted octanol–water partition coefficient (Wildman–Crippen LogP) is 5.30. The number of Topliss-reactive ketones (excluding diaryl/α,β-unsaturated/α-hetero) is 1. The van der Waals surface area contributed by atoms with Gasteiger partial charge in [0.15, 0.2) is 0 Å². The van der Waals surface area contributed by atoms with E-state index in [0.717, 1.165) is 5.56 Å². The second-order valence-electron chi connectivity index (χ2n) is 8.98. The third kappa shape index (κ3) is 4.37. The van der Waals surface area contributed by atoms with Gasteiger partial charge in [-0.25, -0.2) is 0 Å². The van der Waals surface area contributed by atoms with Crippen molar-refractivity contribution in [3.05, 3.63) is 82.8 Å². The highest BCUT2D eigenvalue weighted by atomic mass is 16.5. The number of carbonyl (C=O) groups is 3. The Labute approximate surface area is 209 Å². The van der Waals surface area contributed by atoms with Crippen molar-refractivity contribution in [1.29, 1.82) is 0 Å². The maximum atomic E-state index is 13.3. The first kappa shape index (κ1) is 24.8. The molecule has 4 rings (SSSR count). The zero-order valence-corrected chi connectivity index (χ0v) is 20.8. The number of hydrogen-bond acceptors (Lipinski definition) is 6. The lowest BCUT2D eigenvalue weighted by Crippen LogP contribution is -2.29. The van der Waals surface area contributed by atoms with E-state index in [-0.39, 0.29) is 23.2 Å². The third-order valence-corrected chi connectivity index (χ3v) is 6.18. The molecule has 1 aliphatic rings. The van der Waals surface area contributed by atoms with Gasteiger partial charge in [0.05, 0.1) is 18.9 Å². The van der Waals surface area contributed by atoms with Crippen LogP contribution in [-0.2, 0) is 14.4 Å². The van der Waals surface area contributed by atoms with Crippen molar-refractivity contribution in [3.63, 3.8) is 0 Å². The number of aliphatic hydroxyl groups is 1. The van der Waals surface area contributed by atoms with Crippen LogP contribution in [0.4, 0.5) is 11.4 Å². The molecule has 0 spiro atoms. The van der Waals surface area contributed by atoms with E-state index < -0.39 is 17.7 Å². The van der Waals surface area contributed by atoms with Crippen molar-refractivity contribution in [2.75, 3.05) is 17.3 Å². The van der Waals surface area contributed by atoms with E-state index >= 15 is 0 Å². The summed E-state index contributed by atoms with van der Waals surface area (Å²) in [6, 6.07) is 12.5. The summed E-state index contributed by atoms with van der Waals surface area (Å²) in [4.78, 5) is 39.3. The number of ketones is 1. The summed E-state index contributed by atoms with van der Waals surface area (Å²) in [5.74, 6) is -1.01. The first-order chi connectivity index (χ1) is 17.1. The monoisotopic (exact) mass is 488 g/mol. The fraction of sp³-hybridized carbons (Fsp3) is 0.250. The highest BCUT2D eigenvalue weighted by Gasteiger charge is 2.48. The fourth-order valence-electron chi connectivity index (χ4n) is 4.45. The minimum Gasteiger partial charge on any atom is -0.507 e. The van der Waals surface area contributed by atoms with Gasteiger partial charge in [-0.1, -0.05) is 13.8 Å². The van der Waals surface area contributed by atoms with Crippen molar-refractivity contribution < 1.29 is 28.6 Å². The van der Waals surface area contributed by atoms with Crippen molar-refractivity contribution in [3.8, 4) is 5.75 Å². The molecule has 3 aromatic rings. The Bertz CT molecular complexity index is 1350. The zero-order chi connectivity index (χ0) is 26.1. The van der Waals surface area contributed by atoms with Crippen LogP contribution in [-0.4, -0.2) is 29.8 Å². The summed E-state index contributed by atoms with van der Waals surface area (Å²) in [5, 5.41) is 14.2. The third-order valence-electron chi connectivity index (χ3n) is 6.18. The lowest BCUT2D eigenvalue weighted by molar-refractivity contribution is -0.132. The van der Waals surface area contributed by atoms with Crippen LogP contribution in [0.25, 0.3) is 5.76 Å². The topological polar surface area (TPSA) is 109 Å². The predicted molar refractivity (Wildman–Crippen MR) is 136 cm³/mol. The maximum Gasteiger partial charge on any atom is 0.300 e. The summed E-state index contributed by atoms with van der Waals surface area (Å²) < 4.78 is 11.1. The van der Waals surface area contributed by atoms with E-state index in [9.17, 15) is 19.5 Å². The molecule has 0 saturated carbocycles. The molecule has 2 heterocycles. The molecule has 1 unspecified atom stereocenters. The van der Waals surface area contributed by atoms with Crippen LogP contribution in [0.3, 0.4) is 0 Å². The van der Waals surface area contributed by atoms with E-state index in [1.54, 1.807) is 56.5 Å². The summed E-state index contributed by atoms with van der Waals surface area (Å²) >= 11 is 0. The van der Waals surface area contributed by atoms with Gasteiger partial charge in [-0.3, -0.25) is 19.3 Å². The summed E-state index contributed by atoms with van der Waals surface area (Å²) in [6.45, 7) is 7.21. The number of nitrogens with zero attached hydrogens (tertiary/aromatic N) is 1. The molecule has 2 aromatic carbocycles. The Morgan fingerprint density at radius 3 is 2.39 bits per heavy atom. The van der Waals surface area contributed by atoms with Crippen molar-refractivity contribution in [2.24, 2.45) is 0 Å². The van der Waals surface area contributed by atoms with E-state index in [4.69, 9.17) is 9.15 Å². The van der Waals surface area contributed by atoms with Gasteiger partial charge < -0.3 is 19.6 Å². The first-order valence-electron chi connectivity index (χ1n) is 11.5. The number of rotatable bonds is 6. The molecule has 8 heteroatoms. The van der Waals surface area contributed by atoms with Crippen LogP contribution in [0.5, 0.6) is 5.75 Å². The number of hydrogen-bond donors (Lipinski definition) is 2. The highest BCUT2D eigenvalue weighted by molar-refractivity contribution is 6.51. The number of furan rings is 1. The first-order valence-corrected chi connectivity index (χ1v) is 11.5. The Morgan fingerprint density at radius 1 is 1.14 bits per heavy atom. The molecule has 0 radical (unpaired) electrons. The second kappa shape index (κ2) is 9.73. The Kier molecular flexibility index (Phi) is 6.70. The zero-order valence-electron chi connectivity index (χ0n) is 20.8. The average Bonchev–Trinajstić information content (AvgIpc) is 3.45. The summed E-state index contributed by atoms with van der Waals surface area (Å²) in [7, 11) is 1.58. The molecule has 1 aromatic heterocycles. The minimum absolute atomic E-state index is 0.0659. The lowest BCUT2D eigenvalue weighted by Gasteiger charge is -2.24. The minimum atomic E-state index is -0.976. The van der Waals surface area contributed by atoms with Gasteiger partial charge >= 0.3 is 0 Å².